The van der Waals surface area contributed by atoms with Gasteiger partial charge in [0.05, 0.1) is 0 Å². The Morgan fingerprint density at radius 3 is 2.52 bits per heavy atom. The molecule has 0 amide bonds. The quantitative estimate of drug-likeness (QED) is 0.750. The van der Waals surface area contributed by atoms with E-state index in [0.717, 1.165) is 35.2 Å². The van der Waals surface area contributed by atoms with Gasteiger partial charge < -0.3 is 14.8 Å². The molecule has 0 aliphatic heterocycles. The number of para-hydroxylation sites is 1. The number of nitrogens with one attached hydrogen (secondary N) is 1. The Bertz CT molecular complexity index is 546. The second-order valence-electron chi connectivity index (χ2n) is 4.54. The minimum Gasteiger partial charge on any atom is -0.490 e. The van der Waals surface area contributed by atoms with Crippen LogP contribution in [0, 0.1) is 0 Å². The Balaban J connectivity index is 1.84. The fourth-order valence-corrected chi connectivity index (χ4v) is 2.11. The van der Waals surface area contributed by atoms with Crippen LogP contribution in [0.2, 0.25) is 5.02 Å². The van der Waals surface area contributed by atoms with Gasteiger partial charge in [0.1, 0.15) is 24.7 Å². The summed E-state index contributed by atoms with van der Waals surface area (Å²) in [5.41, 5.74) is 1.06. The van der Waals surface area contributed by atoms with Crippen molar-refractivity contribution in [2.45, 2.75) is 13.5 Å². The molecule has 21 heavy (non-hydrogen) atoms. The van der Waals surface area contributed by atoms with Crippen LogP contribution in [0.5, 0.6) is 11.5 Å². The maximum Gasteiger partial charge on any atom is 0.124 e. The van der Waals surface area contributed by atoms with E-state index in [0.29, 0.717) is 13.2 Å². The molecule has 4 heteroatoms. The number of rotatable bonds is 8. The lowest BCUT2D eigenvalue weighted by Crippen LogP contribution is -2.14. The summed E-state index contributed by atoms with van der Waals surface area (Å²) in [5.74, 6) is 1.70. The van der Waals surface area contributed by atoms with Gasteiger partial charge in [0.15, 0.2) is 0 Å². The van der Waals surface area contributed by atoms with Gasteiger partial charge in [-0.2, -0.15) is 0 Å². The molecular weight excluding hydrogens is 286 g/mol. The van der Waals surface area contributed by atoms with Gasteiger partial charge in [-0.1, -0.05) is 36.7 Å². The minimum atomic E-state index is 0.496. The Labute approximate surface area is 130 Å². The van der Waals surface area contributed by atoms with Gasteiger partial charge in [0.2, 0.25) is 0 Å². The lowest BCUT2D eigenvalue weighted by atomic mass is 10.2. The van der Waals surface area contributed by atoms with E-state index in [-0.39, 0.29) is 0 Å². The van der Waals surface area contributed by atoms with Gasteiger partial charge in [-0.3, -0.25) is 0 Å². The second-order valence-corrected chi connectivity index (χ2v) is 4.98. The zero-order valence-electron chi connectivity index (χ0n) is 12.1. The Morgan fingerprint density at radius 1 is 1.00 bits per heavy atom. The van der Waals surface area contributed by atoms with Crippen LogP contribution in [0.15, 0.2) is 48.5 Å². The van der Waals surface area contributed by atoms with E-state index in [4.69, 9.17) is 21.1 Å². The average molecular weight is 306 g/mol. The molecule has 0 atom stereocenters. The molecule has 0 fully saturated rings. The molecule has 0 bridgehead atoms. The molecule has 2 rings (SSSR count). The van der Waals surface area contributed by atoms with E-state index in [9.17, 15) is 0 Å². The van der Waals surface area contributed by atoms with E-state index >= 15 is 0 Å². The summed E-state index contributed by atoms with van der Waals surface area (Å²) in [5, 5.41) is 4.00. The Hall–Kier alpha value is -1.71. The topological polar surface area (TPSA) is 30.5 Å². The smallest absolute Gasteiger partial charge is 0.124 e. The molecule has 3 nitrogen and oxygen atoms in total. The first-order chi connectivity index (χ1) is 10.3. The molecule has 0 unspecified atom stereocenters. The molecule has 2 aromatic carbocycles. The van der Waals surface area contributed by atoms with Crippen molar-refractivity contribution in [2.75, 3.05) is 19.8 Å². The van der Waals surface area contributed by atoms with Crippen molar-refractivity contribution < 1.29 is 9.47 Å². The highest BCUT2D eigenvalue weighted by Crippen LogP contribution is 2.23. The number of benzene rings is 2. The van der Waals surface area contributed by atoms with Crippen LogP contribution in [0.1, 0.15) is 12.5 Å². The summed E-state index contributed by atoms with van der Waals surface area (Å²) in [6.07, 6.45) is 0. The van der Waals surface area contributed by atoms with Crippen LogP contribution in [-0.4, -0.2) is 19.8 Å². The third kappa shape index (κ3) is 5.29. The lowest BCUT2D eigenvalue weighted by molar-refractivity contribution is 0.215. The van der Waals surface area contributed by atoms with Crippen LogP contribution < -0.4 is 14.8 Å². The van der Waals surface area contributed by atoms with Crippen LogP contribution in [0.25, 0.3) is 0 Å². The van der Waals surface area contributed by atoms with Crippen LogP contribution >= 0.6 is 11.6 Å². The molecular formula is C17H20ClNO2. The van der Waals surface area contributed by atoms with Crippen molar-refractivity contribution in [3.05, 3.63) is 59.1 Å². The standard InChI is InChI=1S/C17H20ClNO2/c1-2-19-13-14-12-15(18)8-9-17(14)21-11-10-20-16-6-4-3-5-7-16/h3-9,12,19H,2,10-11,13H2,1H3. The lowest BCUT2D eigenvalue weighted by Gasteiger charge is -2.13. The molecule has 0 aliphatic carbocycles. The van der Waals surface area contributed by atoms with Gasteiger partial charge in [-0.15, -0.1) is 0 Å². The van der Waals surface area contributed by atoms with Gasteiger partial charge >= 0.3 is 0 Å². The van der Waals surface area contributed by atoms with E-state index in [1.165, 1.54) is 0 Å². The third-order valence-electron chi connectivity index (χ3n) is 2.94. The molecule has 1 N–H and O–H groups in total. The molecule has 0 heterocycles. The first-order valence-electron chi connectivity index (χ1n) is 7.09. The summed E-state index contributed by atoms with van der Waals surface area (Å²) in [4.78, 5) is 0. The molecule has 2 aromatic rings. The third-order valence-corrected chi connectivity index (χ3v) is 3.18. The average Bonchev–Trinajstić information content (AvgIpc) is 2.52. The first kappa shape index (κ1) is 15.7. The number of halogens is 1. The van der Waals surface area contributed by atoms with Crippen LogP contribution in [0.4, 0.5) is 0 Å². The fourth-order valence-electron chi connectivity index (χ4n) is 1.91. The van der Waals surface area contributed by atoms with E-state index in [1.54, 1.807) is 0 Å². The van der Waals surface area contributed by atoms with Crippen molar-refractivity contribution >= 4 is 11.6 Å². The monoisotopic (exact) mass is 305 g/mol. The van der Waals surface area contributed by atoms with Crippen molar-refractivity contribution in [3.8, 4) is 11.5 Å². The summed E-state index contributed by atoms with van der Waals surface area (Å²) in [6.45, 7) is 4.72. The normalized spacial score (nSPS) is 10.4. The van der Waals surface area contributed by atoms with Crippen LogP contribution in [0.3, 0.4) is 0 Å². The summed E-state index contributed by atoms with van der Waals surface area (Å²) in [7, 11) is 0. The van der Waals surface area contributed by atoms with Crippen molar-refractivity contribution in [3.63, 3.8) is 0 Å². The van der Waals surface area contributed by atoms with E-state index < -0.39 is 0 Å². The second kappa shape index (κ2) is 8.55. The summed E-state index contributed by atoms with van der Waals surface area (Å²) < 4.78 is 11.4. The maximum absolute atomic E-state index is 6.03. The van der Waals surface area contributed by atoms with E-state index in [1.807, 2.05) is 48.5 Å². The largest absolute Gasteiger partial charge is 0.490 e. The van der Waals surface area contributed by atoms with Crippen molar-refractivity contribution in [1.29, 1.82) is 0 Å². The van der Waals surface area contributed by atoms with Gasteiger partial charge in [-0.05, 0) is 36.9 Å². The molecule has 0 spiro atoms. The van der Waals surface area contributed by atoms with Crippen molar-refractivity contribution in [1.82, 2.24) is 5.32 Å². The highest BCUT2D eigenvalue weighted by Gasteiger charge is 2.04. The highest BCUT2D eigenvalue weighted by atomic mass is 35.5. The molecule has 0 saturated carbocycles. The van der Waals surface area contributed by atoms with Gasteiger partial charge in [0.25, 0.3) is 0 Å². The zero-order chi connectivity index (χ0) is 14.9. The maximum atomic E-state index is 6.03. The summed E-state index contributed by atoms with van der Waals surface area (Å²) in [6, 6.07) is 15.4. The molecule has 0 aromatic heterocycles. The molecule has 0 saturated heterocycles. The van der Waals surface area contributed by atoms with E-state index in [2.05, 4.69) is 12.2 Å². The highest BCUT2D eigenvalue weighted by molar-refractivity contribution is 6.30. The predicted octanol–water partition coefficient (Wildman–Crippen LogP) is 3.91. The zero-order valence-corrected chi connectivity index (χ0v) is 12.9. The Kier molecular flexibility index (Phi) is 6.38. The Morgan fingerprint density at radius 2 is 1.76 bits per heavy atom. The minimum absolute atomic E-state index is 0.496. The number of hydrogen-bond donors (Lipinski definition) is 1. The number of ether oxygens (including phenoxy) is 2. The SMILES string of the molecule is CCNCc1cc(Cl)ccc1OCCOc1ccccc1. The van der Waals surface area contributed by atoms with Crippen molar-refractivity contribution in [2.24, 2.45) is 0 Å². The first-order valence-corrected chi connectivity index (χ1v) is 7.47. The number of hydrogen-bond acceptors (Lipinski definition) is 3. The summed E-state index contributed by atoms with van der Waals surface area (Å²) >= 11 is 6.03. The van der Waals surface area contributed by atoms with Crippen LogP contribution in [-0.2, 0) is 6.54 Å². The predicted molar refractivity (Wildman–Crippen MR) is 86.3 cm³/mol. The van der Waals surface area contributed by atoms with Gasteiger partial charge in [0, 0.05) is 17.1 Å². The molecule has 0 aliphatic rings. The molecule has 112 valence electrons. The fraction of sp³-hybridized carbons (Fsp3) is 0.294. The van der Waals surface area contributed by atoms with Gasteiger partial charge in [-0.25, -0.2) is 0 Å². The molecule has 0 radical (unpaired) electrons.